The molecule has 0 radical (unpaired) electrons. The topological polar surface area (TPSA) is 62.2 Å². The maximum Gasteiger partial charge on any atom is 0.192 e. The largest absolute Gasteiger partial charge is 0.509 e. The van der Waals surface area contributed by atoms with Crippen LogP contribution in [0.5, 0.6) is 0 Å². The number of likely N-dealkylation sites (N-methyl/N-ethyl adjacent to an activating group) is 1. The summed E-state index contributed by atoms with van der Waals surface area (Å²) in [6.07, 6.45) is 3.69. The van der Waals surface area contributed by atoms with Gasteiger partial charge in [0.1, 0.15) is 11.4 Å². The summed E-state index contributed by atoms with van der Waals surface area (Å²) in [6, 6.07) is 0. The predicted octanol–water partition coefficient (Wildman–Crippen LogP) is 2.84. The van der Waals surface area contributed by atoms with E-state index in [1.165, 1.54) is 0 Å². The van der Waals surface area contributed by atoms with Gasteiger partial charge >= 0.3 is 0 Å². The van der Waals surface area contributed by atoms with Crippen molar-refractivity contribution in [2.24, 2.45) is 5.41 Å². The Labute approximate surface area is 140 Å². The second kappa shape index (κ2) is 6.71. The van der Waals surface area contributed by atoms with Crippen molar-refractivity contribution in [3.8, 4) is 0 Å². The van der Waals surface area contributed by atoms with Crippen molar-refractivity contribution in [1.82, 2.24) is 4.90 Å². The average Bonchev–Trinajstić information content (AvgIpc) is 2.84. The Balaban J connectivity index is 2.06. The molecule has 0 aromatic rings. The third-order valence-electron chi connectivity index (χ3n) is 5.18. The first-order valence-corrected chi connectivity index (χ1v) is 8.84. The van der Waals surface area contributed by atoms with Crippen LogP contribution in [-0.2, 0) is 9.47 Å². The highest BCUT2D eigenvalue weighted by Gasteiger charge is 2.53. The van der Waals surface area contributed by atoms with Gasteiger partial charge in [-0.1, -0.05) is 34.6 Å². The van der Waals surface area contributed by atoms with Crippen LogP contribution in [0.2, 0.25) is 0 Å². The van der Waals surface area contributed by atoms with Crippen LogP contribution >= 0.6 is 0 Å². The average molecular weight is 327 g/mol. The molecule has 2 rings (SSSR count). The van der Waals surface area contributed by atoms with Gasteiger partial charge in [0, 0.05) is 19.0 Å². The fraction of sp³-hybridized carbons (Fsp3) is 0.889. The van der Waals surface area contributed by atoms with Crippen molar-refractivity contribution in [2.75, 3.05) is 26.2 Å². The molecule has 2 aliphatic rings. The molecule has 1 fully saturated rings. The van der Waals surface area contributed by atoms with E-state index in [1.807, 2.05) is 20.8 Å². The molecule has 0 saturated carbocycles. The van der Waals surface area contributed by atoms with Crippen LogP contribution in [0, 0.1) is 5.41 Å². The van der Waals surface area contributed by atoms with E-state index in [-0.39, 0.29) is 11.9 Å². The maximum absolute atomic E-state index is 10.8. The number of aliphatic hydroxyl groups is 2. The number of nitrogens with zero attached hydrogens (tertiary/aromatic N) is 1. The van der Waals surface area contributed by atoms with Crippen LogP contribution in [0.4, 0.5) is 0 Å². The molecule has 0 aromatic carbocycles. The molecule has 0 bridgehead atoms. The lowest BCUT2D eigenvalue weighted by Crippen LogP contribution is -2.50. The van der Waals surface area contributed by atoms with E-state index >= 15 is 0 Å². The predicted molar refractivity (Wildman–Crippen MR) is 90.3 cm³/mol. The summed E-state index contributed by atoms with van der Waals surface area (Å²) in [7, 11) is 0. The molecular formula is C18H33NO4. The van der Waals surface area contributed by atoms with Gasteiger partial charge in [0.2, 0.25) is 0 Å². The summed E-state index contributed by atoms with van der Waals surface area (Å²) in [4.78, 5) is 2.35. The van der Waals surface area contributed by atoms with E-state index in [0.717, 1.165) is 26.1 Å². The molecule has 23 heavy (non-hydrogen) atoms. The van der Waals surface area contributed by atoms with E-state index in [4.69, 9.17) is 9.47 Å². The highest BCUT2D eigenvalue weighted by atomic mass is 16.7. The highest BCUT2D eigenvalue weighted by Crippen LogP contribution is 2.47. The molecule has 134 valence electrons. The zero-order chi connectivity index (χ0) is 17.3. The van der Waals surface area contributed by atoms with Crippen LogP contribution < -0.4 is 0 Å². The van der Waals surface area contributed by atoms with Crippen LogP contribution in [0.15, 0.2) is 11.8 Å². The molecule has 3 atom stereocenters. The molecule has 5 nitrogen and oxygen atoms in total. The Morgan fingerprint density at radius 1 is 1.30 bits per heavy atom. The molecule has 1 aliphatic carbocycles. The Hall–Kier alpha value is -0.620. The minimum Gasteiger partial charge on any atom is -0.509 e. The zero-order valence-corrected chi connectivity index (χ0v) is 15.3. The summed E-state index contributed by atoms with van der Waals surface area (Å²) in [5.41, 5.74) is -1.66. The molecular weight excluding hydrogens is 294 g/mol. The quantitative estimate of drug-likeness (QED) is 0.813. The summed E-state index contributed by atoms with van der Waals surface area (Å²) >= 11 is 0. The van der Waals surface area contributed by atoms with Crippen LogP contribution in [-0.4, -0.2) is 58.8 Å². The van der Waals surface area contributed by atoms with Gasteiger partial charge in [-0.15, -0.1) is 0 Å². The van der Waals surface area contributed by atoms with Crippen molar-refractivity contribution in [1.29, 1.82) is 0 Å². The van der Waals surface area contributed by atoms with Crippen molar-refractivity contribution in [3.63, 3.8) is 0 Å². The molecule has 3 unspecified atom stereocenters. The third kappa shape index (κ3) is 3.73. The number of ether oxygens (including phenoxy) is 2. The minimum absolute atomic E-state index is 0.00591. The van der Waals surface area contributed by atoms with Gasteiger partial charge in [-0.25, -0.2) is 0 Å². The standard InChI is InChI=1S/C18H33NO4/c1-6-10-19(7-2)12-14-13-22-17(23-14)8-9-18(21,15(20)11-17)16(3,4)5/h11,14,20-21H,6-10,12-13H2,1-5H3. The van der Waals surface area contributed by atoms with E-state index in [1.54, 1.807) is 6.08 Å². The van der Waals surface area contributed by atoms with Gasteiger partial charge in [-0.3, -0.25) is 0 Å². The van der Waals surface area contributed by atoms with Gasteiger partial charge in [0.05, 0.1) is 12.7 Å². The van der Waals surface area contributed by atoms with E-state index in [9.17, 15) is 10.2 Å². The summed E-state index contributed by atoms with van der Waals surface area (Å²) in [5.74, 6) is -0.907. The number of hydrogen-bond donors (Lipinski definition) is 2. The smallest absolute Gasteiger partial charge is 0.192 e. The number of rotatable bonds is 5. The Morgan fingerprint density at radius 2 is 2.00 bits per heavy atom. The molecule has 0 aromatic heterocycles. The zero-order valence-electron chi connectivity index (χ0n) is 15.3. The molecule has 2 N–H and O–H groups in total. The SMILES string of the molecule is CCCN(CC)CC1COC2(C=C(O)C(O)(C(C)(C)C)CC2)O1. The first-order chi connectivity index (χ1) is 10.7. The van der Waals surface area contributed by atoms with E-state index in [2.05, 4.69) is 18.7 Å². The van der Waals surface area contributed by atoms with E-state index < -0.39 is 16.8 Å². The third-order valence-corrected chi connectivity index (χ3v) is 5.18. The molecule has 1 saturated heterocycles. The highest BCUT2D eigenvalue weighted by molar-refractivity contribution is 5.22. The maximum atomic E-state index is 10.8. The van der Waals surface area contributed by atoms with Gasteiger partial charge in [0.15, 0.2) is 5.79 Å². The normalized spacial score (nSPS) is 35.1. The fourth-order valence-electron chi connectivity index (χ4n) is 3.51. The summed E-state index contributed by atoms with van der Waals surface area (Å²) < 4.78 is 12.0. The number of hydrogen-bond acceptors (Lipinski definition) is 5. The Kier molecular flexibility index (Phi) is 5.46. The lowest BCUT2D eigenvalue weighted by Gasteiger charge is -2.45. The fourth-order valence-corrected chi connectivity index (χ4v) is 3.51. The Morgan fingerprint density at radius 3 is 2.52 bits per heavy atom. The summed E-state index contributed by atoms with van der Waals surface area (Å²) in [6.45, 7) is 13.5. The van der Waals surface area contributed by atoms with Crippen LogP contribution in [0.3, 0.4) is 0 Å². The van der Waals surface area contributed by atoms with E-state index in [0.29, 0.717) is 19.4 Å². The van der Waals surface area contributed by atoms with Crippen LogP contribution in [0.1, 0.15) is 53.9 Å². The van der Waals surface area contributed by atoms with Gasteiger partial charge in [0.25, 0.3) is 0 Å². The van der Waals surface area contributed by atoms with Crippen LogP contribution in [0.25, 0.3) is 0 Å². The van der Waals surface area contributed by atoms with Gasteiger partial charge < -0.3 is 24.6 Å². The second-order valence-electron chi connectivity index (χ2n) is 7.90. The monoisotopic (exact) mass is 327 g/mol. The van der Waals surface area contributed by atoms with Gasteiger partial charge in [-0.2, -0.15) is 0 Å². The van der Waals surface area contributed by atoms with Crippen molar-refractivity contribution >= 4 is 0 Å². The first-order valence-electron chi connectivity index (χ1n) is 8.84. The molecule has 1 spiro atoms. The van der Waals surface area contributed by atoms with Crippen molar-refractivity contribution in [2.45, 2.75) is 71.4 Å². The van der Waals surface area contributed by atoms with Gasteiger partial charge in [-0.05, 0) is 31.3 Å². The molecule has 1 heterocycles. The lowest BCUT2D eigenvalue weighted by molar-refractivity contribution is -0.171. The lowest BCUT2D eigenvalue weighted by atomic mass is 9.69. The molecule has 1 aliphatic heterocycles. The second-order valence-corrected chi connectivity index (χ2v) is 7.90. The van der Waals surface area contributed by atoms with Crippen molar-refractivity contribution in [3.05, 3.63) is 11.8 Å². The number of aliphatic hydroxyl groups excluding tert-OH is 1. The first kappa shape index (κ1) is 18.7. The summed E-state index contributed by atoms with van der Waals surface area (Å²) in [5, 5.41) is 21.2. The molecule has 0 amide bonds. The Bertz CT molecular complexity index is 445. The van der Waals surface area contributed by atoms with Crippen molar-refractivity contribution < 1.29 is 19.7 Å². The molecule has 5 heteroatoms. The minimum atomic E-state index is -1.22.